The molecule has 2 aromatic rings. The van der Waals surface area contributed by atoms with E-state index in [-0.39, 0.29) is 23.3 Å². The Morgan fingerprint density at radius 2 is 2.19 bits per heavy atom. The summed E-state index contributed by atoms with van der Waals surface area (Å²) in [5.74, 6) is -0.0723. The van der Waals surface area contributed by atoms with Crippen LogP contribution in [0.2, 0.25) is 0 Å². The van der Waals surface area contributed by atoms with E-state index in [9.17, 15) is 10.1 Å². The molecule has 0 aliphatic rings. The second-order valence-electron chi connectivity index (χ2n) is 3.76. The van der Waals surface area contributed by atoms with Gasteiger partial charge in [0.2, 0.25) is 5.95 Å². The first kappa shape index (κ1) is 14.0. The van der Waals surface area contributed by atoms with Gasteiger partial charge < -0.3 is 15.2 Å². The fourth-order valence-electron chi connectivity index (χ4n) is 1.50. The predicted molar refractivity (Wildman–Crippen MR) is 70.9 cm³/mol. The largest absolute Gasteiger partial charge is 0.493 e. The van der Waals surface area contributed by atoms with Gasteiger partial charge in [0.05, 0.1) is 23.7 Å². The van der Waals surface area contributed by atoms with E-state index in [2.05, 4.69) is 9.97 Å². The van der Waals surface area contributed by atoms with Gasteiger partial charge in [0.1, 0.15) is 6.20 Å². The summed E-state index contributed by atoms with van der Waals surface area (Å²) < 4.78 is 10.4. The van der Waals surface area contributed by atoms with Gasteiger partial charge in [0.15, 0.2) is 11.5 Å². The van der Waals surface area contributed by atoms with Crippen LogP contribution in [-0.2, 0) is 0 Å². The first-order valence-electron chi connectivity index (χ1n) is 5.58. The van der Waals surface area contributed by atoms with Crippen LogP contribution in [0.15, 0.2) is 24.4 Å². The van der Waals surface area contributed by atoms with Crippen molar-refractivity contribution in [3.8, 4) is 23.4 Å². The van der Waals surface area contributed by atoms with Crippen LogP contribution in [0.5, 0.6) is 17.4 Å². The van der Waals surface area contributed by atoms with Crippen molar-refractivity contribution < 1.29 is 14.4 Å². The topological polar surface area (TPSA) is 137 Å². The molecule has 0 fully saturated rings. The minimum atomic E-state index is -0.690. The summed E-state index contributed by atoms with van der Waals surface area (Å²) in [5.41, 5.74) is 5.32. The first-order chi connectivity index (χ1) is 10.0. The lowest BCUT2D eigenvalue weighted by Gasteiger charge is -2.09. The van der Waals surface area contributed by atoms with E-state index >= 15 is 0 Å². The van der Waals surface area contributed by atoms with Gasteiger partial charge in [-0.25, -0.2) is 4.98 Å². The number of hydrogen-bond acceptors (Lipinski definition) is 8. The first-order valence-corrected chi connectivity index (χ1v) is 5.58. The molecule has 0 aliphatic heterocycles. The zero-order valence-corrected chi connectivity index (χ0v) is 10.8. The molecule has 0 aliphatic carbocycles. The monoisotopic (exact) mass is 287 g/mol. The van der Waals surface area contributed by atoms with Crippen molar-refractivity contribution in [1.82, 2.24) is 9.97 Å². The van der Waals surface area contributed by atoms with E-state index < -0.39 is 10.6 Å². The average Bonchev–Trinajstić information content (AvgIpc) is 2.47. The van der Waals surface area contributed by atoms with Crippen molar-refractivity contribution >= 4 is 11.6 Å². The third kappa shape index (κ3) is 2.95. The number of rotatable bonds is 4. The summed E-state index contributed by atoms with van der Waals surface area (Å²) >= 11 is 0. The smallest absolute Gasteiger partial charge is 0.349 e. The fraction of sp³-hybridized carbons (Fsp3) is 0.0833. The molecule has 0 bridgehead atoms. The maximum atomic E-state index is 10.9. The van der Waals surface area contributed by atoms with E-state index in [1.54, 1.807) is 0 Å². The maximum absolute atomic E-state index is 10.9. The minimum absolute atomic E-state index is 0.164. The number of ether oxygens (including phenoxy) is 2. The lowest BCUT2D eigenvalue weighted by atomic mass is 10.2. The number of anilines is 1. The molecule has 9 nitrogen and oxygen atoms in total. The number of nitrogen functional groups attached to an aromatic ring is 1. The molecule has 0 saturated carbocycles. The lowest BCUT2D eigenvalue weighted by Crippen LogP contribution is -2.02. The molecule has 1 heterocycles. The van der Waals surface area contributed by atoms with E-state index in [1.165, 1.54) is 25.3 Å². The highest BCUT2D eigenvalue weighted by Crippen LogP contribution is 2.35. The second-order valence-corrected chi connectivity index (χ2v) is 3.76. The summed E-state index contributed by atoms with van der Waals surface area (Å²) in [6, 6.07) is 6.30. The highest BCUT2D eigenvalue weighted by atomic mass is 16.6. The lowest BCUT2D eigenvalue weighted by molar-refractivity contribution is -0.386. The number of benzene rings is 1. The number of nitriles is 1. The van der Waals surface area contributed by atoms with Gasteiger partial charge in [-0.05, 0) is 12.1 Å². The van der Waals surface area contributed by atoms with Gasteiger partial charge in [0, 0.05) is 6.07 Å². The molecule has 0 spiro atoms. The van der Waals surface area contributed by atoms with Crippen LogP contribution in [0, 0.1) is 21.4 Å². The third-order valence-corrected chi connectivity index (χ3v) is 2.45. The van der Waals surface area contributed by atoms with Gasteiger partial charge in [-0.3, -0.25) is 10.1 Å². The van der Waals surface area contributed by atoms with Crippen molar-refractivity contribution in [1.29, 1.82) is 5.26 Å². The molecule has 1 aromatic carbocycles. The highest BCUT2D eigenvalue weighted by Gasteiger charge is 2.20. The van der Waals surface area contributed by atoms with Crippen molar-refractivity contribution in [2.75, 3.05) is 12.8 Å². The summed E-state index contributed by atoms with van der Waals surface area (Å²) in [7, 11) is 1.38. The van der Waals surface area contributed by atoms with Crippen LogP contribution in [0.4, 0.5) is 11.6 Å². The number of nitro groups is 1. The molecule has 2 rings (SSSR count). The molecule has 106 valence electrons. The van der Waals surface area contributed by atoms with Gasteiger partial charge in [-0.1, -0.05) is 0 Å². The molecular formula is C12H9N5O4. The van der Waals surface area contributed by atoms with E-state index in [0.717, 1.165) is 6.20 Å². The Kier molecular flexibility index (Phi) is 3.80. The van der Waals surface area contributed by atoms with E-state index in [0.29, 0.717) is 5.56 Å². The van der Waals surface area contributed by atoms with Crippen LogP contribution in [0.25, 0.3) is 0 Å². The zero-order chi connectivity index (χ0) is 15.4. The molecule has 1 aromatic heterocycles. The van der Waals surface area contributed by atoms with Crippen LogP contribution < -0.4 is 15.2 Å². The second kappa shape index (κ2) is 5.70. The van der Waals surface area contributed by atoms with Crippen molar-refractivity contribution in [3.05, 3.63) is 40.1 Å². The molecule has 0 saturated heterocycles. The molecule has 2 N–H and O–H groups in total. The molecule has 9 heteroatoms. The SMILES string of the molecule is COc1cc(C#N)ccc1Oc1nc(N)ncc1[N+](=O)[O-]. The Bertz CT molecular complexity index is 741. The number of hydrogen-bond donors (Lipinski definition) is 1. The van der Waals surface area contributed by atoms with Gasteiger partial charge in [0.25, 0.3) is 0 Å². The maximum Gasteiger partial charge on any atom is 0.349 e. The number of aromatic nitrogens is 2. The third-order valence-electron chi connectivity index (χ3n) is 2.45. The molecule has 21 heavy (non-hydrogen) atoms. The summed E-state index contributed by atoms with van der Waals surface area (Å²) in [6.07, 6.45) is 0.952. The Morgan fingerprint density at radius 3 is 2.81 bits per heavy atom. The minimum Gasteiger partial charge on any atom is -0.493 e. The van der Waals surface area contributed by atoms with Gasteiger partial charge >= 0.3 is 11.6 Å². The van der Waals surface area contributed by atoms with Crippen LogP contribution in [-0.4, -0.2) is 22.0 Å². The van der Waals surface area contributed by atoms with Crippen LogP contribution >= 0.6 is 0 Å². The van der Waals surface area contributed by atoms with E-state index in [1.807, 2.05) is 6.07 Å². The average molecular weight is 287 g/mol. The molecular weight excluding hydrogens is 278 g/mol. The van der Waals surface area contributed by atoms with Gasteiger partial charge in [-0.15, -0.1) is 0 Å². The normalized spacial score (nSPS) is 9.71. The Morgan fingerprint density at radius 1 is 1.43 bits per heavy atom. The number of nitrogens with two attached hydrogens (primary N) is 1. The molecule has 0 radical (unpaired) electrons. The van der Waals surface area contributed by atoms with Gasteiger partial charge in [-0.2, -0.15) is 10.2 Å². The van der Waals surface area contributed by atoms with Crippen molar-refractivity contribution in [2.24, 2.45) is 0 Å². The zero-order valence-electron chi connectivity index (χ0n) is 10.8. The number of nitrogens with zero attached hydrogens (tertiary/aromatic N) is 4. The highest BCUT2D eigenvalue weighted by molar-refractivity contribution is 5.51. The summed E-state index contributed by atoms with van der Waals surface area (Å²) in [4.78, 5) is 17.5. The number of methoxy groups -OCH3 is 1. The van der Waals surface area contributed by atoms with E-state index in [4.69, 9.17) is 20.5 Å². The summed E-state index contributed by atoms with van der Waals surface area (Å²) in [5, 5.41) is 19.7. The van der Waals surface area contributed by atoms with Crippen LogP contribution in [0.1, 0.15) is 5.56 Å². The standard InChI is InChI=1S/C12H9N5O4/c1-20-10-4-7(5-13)2-3-9(10)21-11-8(17(18)19)6-15-12(14)16-11/h2-4,6H,1H3,(H2,14,15,16). The predicted octanol–water partition coefficient (Wildman–Crippen LogP) is 1.64. The quantitative estimate of drug-likeness (QED) is 0.661. The van der Waals surface area contributed by atoms with Crippen molar-refractivity contribution in [2.45, 2.75) is 0 Å². The molecule has 0 atom stereocenters. The Labute approximate surface area is 118 Å². The Hall–Kier alpha value is -3.41. The van der Waals surface area contributed by atoms with Crippen molar-refractivity contribution in [3.63, 3.8) is 0 Å². The fourth-order valence-corrected chi connectivity index (χ4v) is 1.50. The Balaban J connectivity index is 2.45. The van der Waals surface area contributed by atoms with Crippen LogP contribution in [0.3, 0.4) is 0 Å². The summed E-state index contributed by atoms with van der Waals surface area (Å²) in [6.45, 7) is 0. The molecule has 0 amide bonds. The molecule has 0 unspecified atom stereocenters.